The maximum absolute atomic E-state index is 10.1. The third-order valence-electron chi connectivity index (χ3n) is 2.06. The Morgan fingerprint density at radius 1 is 1.31 bits per heavy atom. The molecule has 1 aromatic carbocycles. The average molecular weight is 192 g/mol. The molecule has 1 N–H and O–H groups in total. The molecule has 0 amide bonds. The predicted octanol–water partition coefficient (Wildman–Crippen LogP) is 2.38. The van der Waals surface area contributed by atoms with Crippen molar-refractivity contribution in [2.75, 3.05) is 0 Å². The van der Waals surface area contributed by atoms with Crippen molar-refractivity contribution in [2.45, 2.75) is 31.5 Å². The first-order valence-electron chi connectivity index (χ1n) is 4.69. The standard InChI is InChI=1S/C11H16OSi/c1-3-9-13-11(2,12)10-7-5-4-6-8-10/h4-8,12H,3,9H2,1-2H3. The van der Waals surface area contributed by atoms with Gasteiger partial charge in [-0.1, -0.05) is 49.7 Å². The minimum absolute atomic E-state index is 0.592. The van der Waals surface area contributed by atoms with Crippen LogP contribution in [-0.4, -0.2) is 14.6 Å². The molecule has 0 aliphatic rings. The van der Waals surface area contributed by atoms with Gasteiger partial charge in [0, 0.05) is 0 Å². The molecular formula is C11H16OSi. The van der Waals surface area contributed by atoms with Crippen LogP contribution in [0.15, 0.2) is 30.3 Å². The fraction of sp³-hybridized carbons (Fsp3) is 0.455. The molecular weight excluding hydrogens is 176 g/mol. The highest BCUT2D eigenvalue weighted by molar-refractivity contribution is 6.39. The Morgan fingerprint density at radius 3 is 2.46 bits per heavy atom. The van der Waals surface area contributed by atoms with Crippen molar-refractivity contribution in [3.63, 3.8) is 0 Å². The second kappa shape index (κ2) is 4.58. The van der Waals surface area contributed by atoms with Crippen LogP contribution in [-0.2, 0) is 5.22 Å². The average Bonchev–Trinajstić information content (AvgIpc) is 2.16. The normalized spacial score (nSPS) is 15.3. The summed E-state index contributed by atoms with van der Waals surface area (Å²) in [6.07, 6.45) is 1.14. The van der Waals surface area contributed by atoms with Crippen LogP contribution in [0.4, 0.5) is 0 Å². The smallest absolute Gasteiger partial charge is 0.0879 e. The molecule has 13 heavy (non-hydrogen) atoms. The van der Waals surface area contributed by atoms with Crippen LogP contribution in [0.25, 0.3) is 0 Å². The van der Waals surface area contributed by atoms with Crippen LogP contribution in [0.3, 0.4) is 0 Å². The van der Waals surface area contributed by atoms with Gasteiger partial charge in [0.1, 0.15) is 0 Å². The summed E-state index contributed by atoms with van der Waals surface area (Å²) in [5.74, 6) is 0. The van der Waals surface area contributed by atoms with E-state index in [1.165, 1.54) is 0 Å². The lowest BCUT2D eigenvalue weighted by atomic mass is 10.1. The molecule has 1 nitrogen and oxygen atoms in total. The Kier molecular flexibility index (Phi) is 3.69. The summed E-state index contributed by atoms with van der Waals surface area (Å²) in [6.45, 7) is 4.05. The second-order valence-corrected chi connectivity index (χ2v) is 5.19. The first-order chi connectivity index (χ1) is 6.17. The molecule has 0 spiro atoms. The summed E-state index contributed by atoms with van der Waals surface area (Å²) >= 11 is 0. The monoisotopic (exact) mass is 192 g/mol. The van der Waals surface area contributed by atoms with Crippen molar-refractivity contribution in [2.24, 2.45) is 0 Å². The van der Waals surface area contributed by atoms with E-state index in [2.05, 4.69) is 6.92 Å². The van der Waals surface area contributed by atoms with Gasteiger partial charge in [-0.2, -0.15) is 0 Å². The minimum atomic E-state index is -0.628. The van der Waals surface area contributed by atoms with Crippen LogP contribution in [0.1, 0.15) is 25.8 Å². The Labute approximate surface area is 82.6 Å². The van der Waals surface area contributed by atoms with Gasteiger partial charge < -0.3 is 5.11 Å². The summed E-state index contributed by atoms with van der Waals surface area (Å²) in [5.41, 5.74) is 1.03. The molecule has 0 bridgehead atoms. The van der Waals surface area contributed by atoms with Gasteiger partial charge in [0.05, 0.1) is 14.7 Å². The molecule has 1 unspecified atom stereocenters. The van der Waals surface area contributed by atoms with E-state index in [0.717, 1.165) is 18.0 Å². The molecule has 70 valence electrons. The Hall–Kier alpha value is -0.603. The van der Waals surface area contributed by atoms with Crippen LogP contribution in [0.5, 0.6) is 0 Å². The predicted molar refractivity (Wildman–Crippen MR) is 56.9 cm³/mol. The van der Waals surface area contributed by atoms with Gasteiger partial charge in [-0.3, -0.25) is 0 Å². The molecule has 0 aliphatic heterocycles. The Morgan fingerprint density at radius 2 is 1.92 bits per heavy atom. The zero-order valence-corrected chi connectivity index (χ0v) is 9.25. The van der Waals surface area contributed by atoms with Crippen LogP contribution >= 0.6 is 0 Å². The first-order valence-corrected chi connectivity index (χ1v) is 5.90. The van der Waals surface area contributed by atoms with Gasteiger partial charge >= 0.3 is 0 Å². The maximum atomic E-state index is 10.1. The largest absolute Gasteiger partial charge is 0.390 e. The topological polar surface area (TPSA) is 20.2 Å². The highest BCUT2D eigenvalue weighted by Crippen LogP contribution is 2.19. The van der Waals surface area contributed by atoms with Crippen molar-refractivity contribution in [3.8, 4) is 0 Å². The van der Waals surface area contributed by atoms with Crippen molar-refractivity contribution >= 4 is 9.52 Å². The molecule has 2 heteroatoms. The van der Waals surface area contributed by atoms with Crippen molar-refractivity contribution < 1.29 is 5.11 Å². The lowest BCUT2D eigenvalue weighted by molar-refractivity contribution is 0.144. The zero-order valence-electron chi connectivity index (χ0n) is 8.25. The van der Waals surface area contributed by atoms with Gasteiger partial charge in [0.15, 0.2) is 0 Å². The third kappa shape index (κ3) is 2.97. The van der Waals surface area contributed by atoms with E-state index in [-0.39, 0.29) is 0 Å². The van der Waals surface area contributed by atoms with E-state index in [1.807, 2.05) is 37.3 Å². The summed E-state index contributed by atoms with van der Waals surface area (Å²) in [7, 11) is 0.592. The minimum Gasteiger partial charge on any atom is -0.390 e. The van der Waals surface area contributed by atoms with Gasteiger partial charge in [0.2, 0.25) is 0 Å². The molecule has 0 heterocycles. The zero-order chi connectivity index (χ0) is 9.73. The molecule has 1 atom stereocenters. The second-order valence-electron chi connectivity index (χ2n) is 3.37. The van der Waals surface area contributed by atoms with E-state index in [4.69, 9.17) is 0 Å². The van der Waals surface area contributed by atoms with Gasteiger partial charge in [-0.25, -0.2) is 0 Å². The Bertz CT molecular complexity index is 244. The van der Waals surface area contributed by atoms with Crippen molar-refractivity contribution in [3.05, 3.63) is 35.9 Å². The lowest BCUT2D eigenvalue weighted by Gasteiger charge is -2.22. The number of aliphatic hydroxyl groups is 1. The number of rotatable bonds is 4. The fourth-order valence-corrected chi connectivity index (χ4v) is 2.34. The quantitative estimate of drug-likeness (QED) is 0.726. The molecule has 0 saturated heterocycles. The summed E-state index contributed by atoms with van der Waals surface area (Å²) in [5, 5.41) is 9.50. The third-order valence-corrected chi connectivity index (χ3v) is 3.78. The number of hydrogen-bond donors (Lipinski definition) is 1. The molecule has 0 aromatic heterocycles. The molecule has 0 saturated carbocycles. The Balaban J connectivity index is 2.69. The van der Waals surface area contributed by atoms with E-state index >= 15 is 0 Å². The van der Waals surface area contributed by atoms with Gasteiger partial charge in [0.25, 0.3) is 0 Å². The molecule has 1 rings (SSSR count). The molecule has 0 aliphatic carbocycles. The van der Waals surface area contributed by atoms with Gasteiger partial charge in [-0.15, -0.1) is 0 Å². The van der Waals surface area contributed by atoms with Crippen molar-refractivity contribution in [1.82, 2.24) is 0 Å². The highest BCUT2D eigenvalue weighted by Gasteiger charge is 2.22. The highest BCUT2D eigenvalue weighted by atomic mass is 28.2. The van der Waals surface area contributed by atoms with E-state index in [0.29, 0.717) is 9.52 Å². The number of benzene rings is 1. The summed E-state index contributed by atoms with van der Waals surface area (Å²) in [4.78, 5) is 0. The summed E-state index contributed by atoms with van der Waals surface area (Å²) < 4.78 is 0. The lowest BCUT2D eigenvalue weighted by Crippen LogP contribution is -2.28. The van der Waals surface area contributed by atoms with E-state index < -0.39 is 5.22 Å². The van der Waals surface area contributed by atoms with E-state index in [1.54, 1.807) is 0 Å². The molecule has 1 aromatic rings. The SMILES string of the molecule is CCC[Si]C(C)(O)c1ccccc1. The van der Waals surface area contributed by atoms with Crippen molar-refractivity contribution in [1.29, 1.82) is 0 Å². The molecule has 2 radical (unpaired) electrons. The maximum Gasteiger partial charge on any atom is 0.0879 e. The van der Waals surface area contributed by atoms with Crippen LogP contribution < -0.4 is 0 Å². The van der Waals surface area contributed by atoms with Gasteiger partial charge in [-0.05, 0) is 12.5 Å². The number of hydrogen-bond acceptors (Lipinski definition) is 1. The molecule has 0 fully saturated rings. The summed E-state index contributed by atoms with van der Waals surface area (Å²) in [6, 6.07) is 11.0. The fourth-order valence-electron chi connectivity index (χ4n) is 1.23. The van der Waals surface area contributed by atoms with E-state index in [9.17, 15) is 5.11 Å². The first kappa shape index (κ1) is 10.5. The van der Waals surface area contributed by atoms with Crippen LogP contribution in [0, 0.1) is 0 Å². The van der Waals surface area contributed by atoms with Crippen LogP contribution in [0.2, 0.25) is 6.04 Å².